The van der Waals surface area contributed by atoms with Gasteiger partial charge in [0.15, 0.2) is 0 Å². The van der Waals surface area contributed by atoms with E-state index in [1.165, 1.54) is 30.9 Å². The first-order valence-electron chi connectivity index (χ1n) is 8.80. The second-order valence-electron chi connectivity index (χ2n) is 8.01. The lowest BCUT2D eigenvalue weighted by Crippen LogP contribution is -2.49. The topological polar surface area (TPSA) is 54.4 Å². The van der Waals surface area contributed by atoms with Crippen LogP contribution < -0.4 is 0 Å². The second kappa shape index (κ2) is 6.62. The molecule has 3 heteroatoms. The van der Waals surface area contributed by atoms with Gasteiger partial charge in [-0.2, -0.15) is 0 Å². The summed E-state index contributed by atoms with van der Waals surface area (Å²) in [7, 11) is 0. The zero-order valence-corrected chi connectivity index (χ0v) is 14.9. The monoisotopic (exact) mass is 318 g/mol. The Hall–Kier alpha value is -1.38. The van der Waals surface area contributed by atoms with Crippen molar-refractivity contribution in [3.8, 4) is 0 Å². The summed E-state index contributed by atoms with van der Waals surface area (Å²) in [6.45, 7) is 9.32. The molecule has 2 rings (SSSR count). The van der Waals surface area contributed by atoms with Crippen molar-refractivity contribution in [3.63, 3.8) is 0 Å². The summed E-state index contributed by atoms with van der Waals surface area (Å²) in [6, 6.07) is 0. The van der Waals surface area contributed by atoms with Gasteiger partial charge in [-0.15, -0.1) is 0 Å². The molecule has 0 heterocycles. The first-order valence-corrected chi connectivity index (χ1v) is 8.80. The number of aliphatic carboxylic acids is 1. The van der Waals surface area contributed by atoms with E-state index in [4.69, 9.17) is 0 Å². The number of fused-ring (bicyclic) bond motifs is 1. The van der Waals surface area contributed by atoms with E-state index in [2.05, 4.69) is 33.8 Å². The fraction of sp³-hybridized carbons (Fsp3) is 0.700. The standard InChI is InChI=1S/C20H30O3/c1-14-6-5-7-17-19(14,3)11-8-15(2)20(17,4)12-9-16(10-13-21)18(22)23/h6,10,13,15,17H,5,7-9,11-12H2,1-4H3,(H,22,23). The minimum atomic E-state index is -0.966. The van der Waals surface area contributed by atoms with Crippen molar-refractivity contribution >= 4 is 12.3 Å². The molecule has 4 unspecified atom stereocenters. The quantitative estimate of drug-likeness (QED) is 0.451. The number of hydrogen-bond acceptors (Lipinski definition) is 2. The molecule has 128 valence electrons. The number of carbonyl (C=O) groups is 2. The zero-order valence-electron chi connectivity index (χ0n) is 14.9. The average Bonchev–Trinajstić information content (AvgIpc) is 2.50. The smallest absolute Gasteiger partial charge is 0.331 e. The Morgan fingerprint density at radius 3 is 2.70 bits per heavy atom. The maximum atomic E-state index is 11.3. The molecule has 1 N–H and O–H groups in total. The van der Waals surface area contributed by atoms with Crippen molar-refractivity contribution in [1.82, 2.24) is 0 Å². The Kier molecular flexibility index (Phi) is 5.17. The molecule has 0 saturated heterocycles. The van der Waals surface area contributed by atoms with Gasteiger partial charge >= 0.3 is 5.97 Å². The average molecular weight is 318 g/mol. The Morgan fingerprint density at radius 2 is 2.09 bits per heavy atom. The molecule has 0 bridgehead atoms. The molecular weight excluding hydrogens is 288 g/mol. The fourth-order valence-corrected chi connectivity index (χ4v) is 5.08. The normalized spacial score (nSPS) is 37.7. The van der Waals surface area contributed by atoms with Crippen molar-refractivity contribution in [2.45, 2.75) is 66.2 Å². The number of carbonyl (C=O) groups excluding carboxylic acids is 1. The molecule has 0 spiro atoms. The second-order valence-corrected chi connectivity index (χ2v) is 8.01. The number of carboxylic acids is 1. The molecule has 0 radical (unpaired) electrons. The molecule has 1 saturated carbocycles. The van der Waals surface area contributed by atoms with Crippen LogP contribution >= 0.6 is 0 Å². The molecular formula is C20H30O3. The van der Waals surface area contributed by atoms with Gasteiger partial charge in [0.1, 0.15) is 6.29 Å². The molecule has 0 aromatic rings. The van der Waals surface area contributed by atoms with Crippen LogP contribution in [0.2, 0.25) is 0 Å². The molecule has 1 fully saturated rings. The molecule has 4 atom stereocenters. The lowest BCUT2D eigenvalue weighted by molar-refractivity contribution is -0.133. The van der Waals surface area contributed by atoms with Gasteiger partial charge < -0.3 is 5.11 Å². The van der Waals surface area contributed by atoms with E-state index in [0.717, 1.165) is 12.8 Å². The van der Waals surface area contributed by atoms with Crippen molar-refractivity contribution in [1.29, 1.82) is 0 Å². The number of hydrogen-bond donors (Lipinski definition) is 1. The Morgan fingerprint density at radius 1 is 1.39 bits per heavy atom. The molecule has 3 nitrogen and oxygen atoms in total. The van der Waals surface area contributed by atoms with E-state index >= 15 is 0 Å². The van der Waals surface area contributed by atoms with E-state index in [-0.39, 0.29) is 16.4 Å². The first-order chi connectivity index (χ1) is 10.8. The van der Waals surface area contributed by atoms with Crippen LogP contribution in [0.1, 0.15) is 66.2 Å². The third-order valence-corrected chi connectivity index (χ3v) is 7.07. The molecule has 2 aliphatic carbocycles. The van der Waals surface area contributed by atoms with Crippen LogP contribution in [0.25, 0.3) is 0 Å². The first kappa shape index (κ1) is 18.0. The summed E-state index contributed by atoms with van der Waals surface area (Å²) >= 11 is 0. The van der Waals surface area contributed by atoms with E-state index < -0.39 is 5.97 Å². The van der Waals surface area contributed by atoms with Crippen LogP contribution in [0.15, 0.2) is 23.3 Å². The summed E-state index contributed by atoms with van der Waals surface area (Å²) in [5.74, 6) is 0.208. The van der Waals surface area contributed by atoms with Gasteiger partial charge in [0, 0.05) is 5.57 Å². The van der Waals surface area contributed by atoms with Crippen molar-refractivity contribution in [3.05, 3.63) is 23.3 Å². The number of rotatable bonds is 5. The minimum Gasteiger partial charge on any atom is -0.478 e. The van der Waals surface area contributed by atoms with Crippen LogP contribution in [-0.4, -0.2) is 17.4 Å². The SMILES string of the molecule is CC1=CCCC2C1(C)CCC(C)C2(C)CCC(=CC=O)C(=O)O. The van der Waals surface area contributed by atoms with Crippen molar-refractivity contribution in [2.24, 2.45) is 22.7 Å². The Bertz CT molecular complexity index is 545. The largest absolute Gasteiger partial charge is 0.478 e. The van der Waals surface area contributed by atoms with E-state index in [0.29, 0.717) is 24.5 Å². The summed E-state index contributed by atoms with van der Waals surface area (Å²) in [4.78, 5) is 22.0. The molecule has 0 aromatic heterocycles. The predicted octanol–water partition coefficient (Wildman–Crippen LogP) is 4.78. The van der Waals surface area contributed by atoms with Gasteiger partial charge in [-0.3, -0.25) is 4.79 Å². The molecule has 0 aromatic carbocycles. The third kappa shape index (κ3) is 3.15. The Balaban J connectivity index is 2.27. The van der Waals surface area contributed by atoms with Gasteiger partial charge in [-0.1, -0.05) is 32.4 Å². The summed E-state index contributed by atoms with van der Waals surface area (Å²) in [5.41, 5.74) is 2.12. The molecule has 0 aliphatic heterocycles. The maximum Gasteiger partial charge on any atom is 0.331 e. The van der Waals surface area contributed by atoms with Crippen LogP contribution in [0.5, 0.6) is 0 Å². The molecule has 0 amide bonds. The summed E-state index contributed by atoms with van der Waals surface area (Å²) in [6.07, 6.45) is 10.2. The van der Waals surface area contributed by atoms with Crippen LogP contribution in [0, 0.1) is 22.7 Å². The van der Waals surface area contributed by atoms with Crippen molar-refractivity contribution < 1.29 is 14.7 Å². The molecule has 2 aliphatic rings. The fourth-order valence-electron chi connectivity index (χ4n) is 5.08. The van der Waals surface area contributed by atoms with Gasteiger partial charge in [0.25, 0.3) is 0 Å². The minimum absolute atomic E-state index is 0.125. The van der Waals surface area contributed by atoms with E-state index in [1.54, 1.807) is 0 Å². The van der Waals surface area contributed by atoms with Crippen LogP contribution in [-0.2, 0) is 9.59 Å². The Labute approximate surface area is 139 Å². The van der Waals surface area contributed by atoms with Gasteiger partial charge in [0.05, 0.1) is 0 Å². The number of allylic oxidation sites excluding steroid dienone is 3. The highest BCUT2D eigenvalue weighted by Crippen LogP contribution is 2.61. The highest BCUT2D eigenvalue weighted by atomic mass is 16.4. The predicted molar refractivity (Wildman–Crippen MR) is 92.1 cm³/mol. The third-order valence-electron chi connectivity index (χ3n) is 7.07. The number of carboxylic acid groups (broad SMARTS) is 1. The highest BCUT2D eigenvalue weighted by Gasteiger charge is 2.52. The molecule has 23 heavy (non-hydrogen) atoms. The summed E-state index contributed by atoms with van der Waals surface area (Å²) < 4.78 is 0. The van der Waals surface area contributed by atoms with E-state index in [1.807, 2.05) is 0 Å². The zero-order chi connectivity index (χ0) is 17.3. The highest BCUT2D eigenvalue weighted by molar-refractivity contribution is 5.91. The maximum absolute atomic E-state index is 11.3. The lowest BCUT2D eigenvalue weighted by Gasteiger charge is -2.58. The van der Waals surface area contributed by atoms with Crippen LogP contribution in [0.4, 0.5) is 0 Å². The summed E-state index contributed by atoms with van der Waals surface area (Å²) in [5, 5.41) is 9.27. The lowest BCUT2D eigenvalue weighted by atomic mass is 9.47. The van der Waals surface area contributed by atoms with Crippen molar-refractivity contribution in [2.75, 3.05) is 0 Å². The van der Waals surface area contributed by atoms with Gasteiger partial charge in [-0.25, -0.2) is 4.79 Å². The van der Waals surface area contributed by atoms with Crippen LogP contribution in [0.3, 0.4) is 0 Å². The van der Waals surface area contributed by atoms with E-state index in [9.17, 15) is 14.7 Å². The number of aldehydes is 1. The van der Waals surface area contributed by atoms with Gasteiger partial charge in [-0.05, 0) is 74.2 Å². The van der Waals surface area contributed by atoms with Gasteiger partial charge in [0.2, 0.25) is 0 Å².